The van der Waals surface area contributed by atoms with Gasteiger partial charge in [-0.25, -0.2) is 9.18 Å². The summed E-state index contributed by atoms with van der Waals surface area (Å²) in [5, 5.41) is 10.1. The van der Waals surface area contributed by atoms with Crippen LogP contribution in [0.2, 0.25) is 5.02 Å². The molecule has 5 nitrogen and oxygen atoms in total. The second-order valence-electron chi connectivity index (χ2n) is 6.68. The number of benzene rings is 1. The van der Waals surface area contributed by atoms with Crippen LogP contribution in [-0.2, 0) is 0 Å². The number of aliphatic hydroxyl groups excluding tert-OH is 1. The molecular weight excluding hydrogens is 395 g/mol. The molecule has 2 N–H and O–H groups in total. The van der Waals surface area contributed by atoms with Gasteiger partial charge in [0.2, 0.25) is 0 Å². The predicted molar refractivity (Wildman–Crippen MR) is 99.8 cm³/mol. The summed E-state index contributed by atoms with van der Waals surface area (Å²) in [4.78, 5) is 18.3. The van der Waals surface area contributed by atoms with E-state index in [9.17, 15) is 18.0 Å². The molecule has 9 heteroatoms. The third kappa shape index (κ3) is 4.74. The number of aromatic nitrogens is 1. The molecule has 0 spiro atoms. The van der Waals surface area contributed by atoms with Gasteiger partial charge in [-0.15, -0.1) is 0 Å². The summed E-state index contributed by atoms with van der Waals surface area (Å²) in [7, 11) is 0. The Balaban J connectivity index is 0.000000516. The normalized spacial score (nSPS) is 20.1. The number of rotatable bonds is 2. The van der Waals surface area contributed by atoms with E-state index in [1.54, 1.807) is 24.4 Å². The molecule has 2 amide bonds. The van der Waals surface area contributed by atoms with Gasteiger partial charge in [-0.1, -0.05) is 11.6 Å². The lowest BCUT2D eigenvalue weighted by Gasteiger charge is -2.52. The summed E-state index contributed by atoms with van der Waals surface area (Å²) in [6, 6.07) is 7.28. The van der Waals surface area contributed by atoms with Gasteiger partial charge in [-0.05, 0) is 49.9 Å². The van der Waals surface area contributed by atoms with Crippen LogP contribution in [0.25, 0.3) is 11.1 Å². The van der Waals surface area contributed by atoms with E-state index in [0.717, 1.165) is 25.5 Å². The van der Waals surface area contributed by atoms with Crippen LogP contribution in [0.15, 0.2) is 36.7 Å². The van der Waals surface area contributed by atoms with E-state index in [2.05, 4.69) is 10.3 Å². The van der Waals surface area contributed by atoms with E-state index in [0.29, 0.717) is 33.9 Å². The Bertz CT molecular complexity index is 836. The number of aliphatic hydroxyl groups is 1. The molecule has 2 saturated heterocycles. The molecule has 1 unspecified atom stereocenters. The fourth-order valence-electron chi connectivity index (χ4n) is 3.71. The van der Waals surface area contributed by atoms with Crippen molar-refractivity contribution in [1.82, 2.24) is 9.88 Å². The van der Waals surface area contributed by atoms with E-state index in [-0.39, 0.29) is 6.03 Å². The van der Waals surface area contributed by atoms with Gasteiger partial charge in [-0.2, -0.15) is 8.78 Å². The first-order valence-corrected chi connectivity index (χ1v) is 9.19. The van der Waals surface area contributed by atoms with Gasteiger partial charge >= 0.3 is 12.6 Å². The lowest BCUT2D eigenvalue weighted by atomic mass is 9.80. The Morgan fingerprint density at radius 2 is 1.93 bits per heavy atom. The lowest BCUT2D eigenvalue weighted by Crippen LogP contribution is -2.62. The second kappa shape index (κ2) is 8.79. The van der Waals surface area contributed by atoms with Crippen molar-refractivity contribution in [2.75, 3.05) is 5.32 Å². The maximum absolute atomic E-state index is 13.4. The molecule has 1 aromatic heterocycles. The number of alkyl halides is 2. The highest BCUT2D eigenvalue weighted by atomic mass is 35.5. The lowest BCUT2D eigenvalue weighted by molar-refractivity contribution is -0.0728. The third-order valence-corrected chi connectivity index (χ3v) is 5.20. The predicted octanol–water partition coefficient (Wildman–Crippen LogP) is 4.90. The summed E-state index contributed by atoms with van der Waals surface area (Å²) >= 11 is 6.23. The summed E-state index contributed by atoms with van der Waals surface area (Å²) in [6.07, 6.45) is 7.20. The van der Waals surface area contributed by atoms with Crippen molar-refractivity contribution in [3.63, 3.8) is 0 Å². The average molecular weight is 414 g/mol. The van der Waals surface area contributed by atoms with E-state index in [4.69, 9.17) is 16.7 Å². The highest BCUT2D eigenvalue weighted by Crippen LogP contribution is 2.38. The molecule has 1 aromatic carbocycles. The summed E-state index contributed by atoms with van der Waals surface area (Å²) in [6.45, 7) is -3.17. The molecule has 28 heavy (non-hydrogen) atoms. The van der Waals surface area contributed by atoms with Gasteiger partial charge < -0.3 is 15.3 Å². The number of fused-ring (bicyclic) bond motifs is 2. The molecule has 150 valence electrons. The number of piperidine rings is 1. The van der Waals surface area contributed by atoms with E-state index < -0.39 is 12.4 Å². The van der Waals surface area contributed by atoms with Crippen molar-refractivity contribution in [2.24, 2.45) is 0 Å². The van der Waals surface area contributed by atoms with Gasteiger partial charge in [0, 0.05) is 40.1 Å². The summed E-state index contributed by atoms with van der Waals surface area (Å²) in [5.74, 6) is -0.425. The van der Waals surface area contributed by atoms with Crippen molar-refractivity contribution >= 4 is 23.3 Å². The number of hydrogen-bond acceptors (Lipinski definition) is 3. The topological polar surface area (TPSA) is 65.5 Å². The molecule has 4 rings (SSSR count). The fraction of sp³-hybridized carbons (Fsp3) is 0.368. The molecular formula is C19H19ClF3N3O2. The number of nitrogens with zero attached hydrogens (tertiary/aromatic N) is 2. The number of pyridine rings is 1. The van der Waals surface area contributed by atoms with Crippen LogP contribution in [0.1, 0.15) is 25.7 Å². The molecule has 0 aliphatic carbocycles. The van der Waals surface area contributed by atoms with Gasteiger partial charge in [0.25, 0.3) is 0 Å². The Labute approximate surface area is 165 Å². The first-order chi connectivity index (χ1) is 13.3. The molecule has 2 bridgehead atoms. The van der Waals surface area contributed by atoms with Crippen LogP contribution in [0.4, 0.5) is 23.7 Å². The standard InChI is InChI=1S/C18H17ClFN3O.CH2F2O/c19-17-5-4-13(7-16(17)11-6-12(20)10-21-9-11)22-18(24)23-14-2-1-3-15(23)8-14;2-1(3)4/h4-7,9-10,14-15H,1-3,8H2,(H,22,24);1,4H/t14-,15?;/m1./s1. The minimum Gasteiger partial charge on any atom is -0.339 e. The molecule has 2 aliphatic rings. The van der Waals surface area contributed by atoms with Crippen molar-refractivity contribution in [3.05, 3.63) is 47.5 Å². The highest BCUT2D eigenvalue weighted by molar-refractivity contribution is 6.33. The van der Waals surface area contributed by atoms with Crippen molar-refractivity contribution in [2.45, 2.75) is 44.4 Å². The Morgan fingerprint density at radius 3 is 2.54 bits per heavy atom. The highest BCUT2D eigenvalue weighted by Gasteiger charge is 2.44. The zero-order valence-electron chi connectivity index (χ0n) is 14.8. The first-order valence-electron chi connectivity index (χ1n) is 8.81. The van der Waals surface area contributed by atoms with E-state index >= 15 is 0 Å². The minimum atomic E-state index is -3.17. The average Bonchev–Trinajstić information content (AvgIpc) is 2.63. The van der Waals surface area contributed by atoms with Crippen molar-refractivity contribution < 1.29 is 23.1 Å². The third-order valence-electron chi connectivity index (χ3n) is 4.87. The number of amides is 2. The smallest absolute Gasteiger partial charge is 0.339 e. The van der Waals surface area contributed by atoms with Crippen LogP contribution in [0.5, 0.6) is 0 Å². The number of hydrogen-bond donors (Lipinski definition) is 2. The van der Waals surface area contributed by atoms with Crippen molar-refractivity contribution in [3.8, 4) is 11.1 Å². The molecule has 2 atom stereocenters. The summed E-state index contributed by atoms with van der Waals surface area (Å²) in [5.41, 5.74) is 1.87. The zero-order chi connectivity index (χ0) is 20.3. The second-order valence-corrected chi connectivity index (χ2v) is 7.08. The van der Waals surface area contributed by atoms with Crippen LogP contribution in [0.3, 0.4) is 0 Å². The number of carbonyl (C=O) groups excluding carboxylic acids is 1. The maximum Gasteiger partial charge on any atom is 0.342 e. The van der Waals surface area contributed by atoms with E-state index in [1.165, 1.54) is 12.5 Å². The zero-order valence-corrected chi connectivity index (χ0v) is 15.5. The Kier molecular flexibility index (Phi) is 6.41. The van der Waals surface area contributed by atoms with Gasteiger partial charge in [0.1, 0.15) is 5.82 Å². The number of anilines is 1. The molecule has 3 heterocycles. The maximum atomic E-state index is 13.4. The first kappa shape index (κ1) is 20.4. The quantitative estimate of drug-likeness (QED) is 0.735. The minimum absolute atomic E-state index is 0.0680. The van der Waals surface area contributed by atoms with Crippen LogP contribution < -0.4 is 5.32 Å². The molecule has 2 aliphatic heterocycles. The largest absolute Gasteiger partial charge is 0.342 e. The van der Waals surface area contributed by atoms with Gasteiger partial charge in [0.05, 0.1) is 6.20 Å². The van der Waals surface area contributed by atoms with Gasteiger partial charge in [0.15, 0.2) is 0 Å². The Morgan fingerprint density at radius 1 is 1.25 bits per heavy atom. The monoisotopic (exact) mass is 413 g/mol. The molecule has 2 aromatic rings. The number of halogens is 4. The van der Waals surface area contributed by atoms with Crippen LogP contribution >= 0.6 is 11.6 Å². The van der Waals surface area contributed by atoms with Crippen LogP contribution in [-0.4, -0.2) is 39.7 Å². The molecule has 0 radical (unpaired) electrons. The number of carbonyl (C=O) groups is 1. The number of nitrogens with one attached hydrogen (secondary N) is 1. The van der Waals surface area contributed by atoms with Crippen LogP contribution in [0, 0.1) is 5.82 Å². The van der Waals surface area contributed by atoms with Gasteiger partial charge in [-0.3, -0.25) is 4.98 Å². The SMILES string of the molecule is O=C(Nc1ccc(Cl)c(-c2cncc(F)c2)c1)N1C2CCC[C@@H]1C2.OC(F)F. The van der Waals surface area contributed by atoms with Crippen molar-refractivity contribution in [1.29, 1.82) is 0 Å². The fourth-order valence-corrected chi connectivity index (χ4v) is 3.93. The Hall–Kier alpha value is -2.32. The molecule has 2 fully saturated rings. The van der Waals surface area contributed by atoms with E-state index in [1.807, 2.05) is 4.90 Å². The summed E-state index contributed by atoms with van der Waals surface area (Å²) < 4.78 is 33.2. The number of urea groups is 1. The molecule has 0 saturated carbocycles.